The van der Waals surface area contributed by atoms with Gasteiger partial charge < -0.3 is 9.80 Å². The summed E-state index contributed by atoms with van der Waals surface area (Å²) in [7, 11) is 0. The Labute approximate surface area is 576 Å². The molecule has 0 heterocycles. The van der Waals surface area contributed by atoms with Crippen LogP contribution in [-0.2, 0) is 18.3 Å². The second-order valence-corrected chi connectivity index (χ2v) is 28.2. The molecule has 0 aliphatic heterocycles. The molecule has 11 rings (SSSR count). The maximum Gasteiger partial charge on any atom is 0.0467 e. The zero-order valence-corrected chi connectivity index (χ0v) is 59.2. The predicted octanol–water partition coefficient (Wildman–Crippen LogP) is 28.3. The molecule has 2 heteroatoms. The van der Waals surface area contributed by atoms with Gasteiger partial charge in [-0.3, -0.25) is 0 Å². The normalized spacial score (nSPS) is 12.1. The van der Waals surface area contributed by atoms with E-state index in [0.29, 0.717) is 5.92 Å². The lowest BCUT2D eigenvalue weighted by Gasteiger charge is -2.27. The second-order valence-electron chi connectivity index (χ2n) is 28.2. The zero-order valence-electron chi connectivity index (χ0n) is 59.2. The van der Waals surface area contributed by atoms with Crippen molar-refractivity contribution in [2.45, 2.75) is 170 Å². The Bertz CT molecular complexity index is 4450. The van der Waals surface area contributed by atoms with Gasteiger partial charge in [-0.1, -0.05) is 289 Å². The van der Waals surface area contributed by atoms with Crippen LogP contribution < -0.4 is 9.80 Å². The third kappa shape index (κ3) is 16.9. The Morgan fingerprint density at radius 1 is 0.417 bits per heavy atom. The number of nitrogens with zero attached hydrogens (tertiary/aromatic N) is 2. The van der Waals surface area contributed by atoms with Crippen molar-refractivity contribution in [2.75, 3.05) is 9.80 Å². The molecule has 0 aromatic heterocycles. The Hall–Kier alpha value is -9.24. The van der Waals surface area contributed by atoms with Crippen LogP contribution in [0.15, 0.2) is 261 Å². The van der Waals surface area contributed by atoms with E-state index in [-0.39, 0.29) is 5.41 Å². The van der Waals surface area contributed by atoms with Crippen molar-refractivity contribution < 1.29 is 0 Å². The predicted molar refractivity (Wildman–Crippen MR) is 421 cm³/mol. The molecule has 0 radical (unpaired) electrons. The number of allylic oxidation sites excluding steroid dienone is 4. The second kappa shape index (κ2) is 32.5. The maximum absolute atomic E-state index is 2.46. The molecule has 0 saturated heterocycles. The van der Waals surface area contributed by atoms with Gasteiger partial charge >= 0.3 is 0 Å². The minimum atomic E-state index is 0.0996. The largest absolute Gasteiger partial charge is 0.310 e. The van der Waals surface area contributed by atoms with E-state index in [1.165, 1.54) is 182 Å². The average molecular weight is 1260 g/mol. The molecule has 0 spiro atoms. The van der Waals surface area contributed by atoms with Crippen molar-refractivity contribution in [1.82, 2.24) is 0 Å². The molecule has 0 fully saturated rings. The SMILES string of the molecule is C\C=C/C=C(\C=C\c1ccc2ccc(C)c(-c3c(C)ccc4ccc(-c5cccc(N(c6ccc(-c7ccc(C(C)C)cc7)cc6)c6cccc(CCCCCCCC)c6)c5)cc34)c2c1)N(c1ccc(-c2ccc(C(C)(C)C)cc2)cc1)c1cccc(CCCCCCCC)c1. The molecule has 0 saturated carbocycles. The minimum Gasteiger partial charge on any atom is -0.310 e. The van der Waals surface area contributed by atoms with Crippen molar-refractivity contribution >= 4 is 56.1 Å². The van der Waals surface area contributed by atoms with E-state index >= 15 is 0 Å². The average Bonchev–Trinajstić information content (AvgIpc) is 0.755. The summed E-state index contributed by atoms with van der Waals surface area (Å²) < 4.78 is 0. The van der Waals surface area contributed by atoms with E-state index in [4.69, 9.17) is 0 Å². The van der Waals surface area contributed by atoms with Crippen LogP contribution in [0.25, 0.3) is 72.1 Å². The number of hydrogen-bond acceptors (Lipinski definition) is 2. The highest BCUT2D eigenvalue weighted by Gasteiger charge is 2.20. The first-order valence-electron chi connectivity index (χ1n) is 36.1. The van der Waals surface area contributed by atoms with Gasteiger partial charge in [0, 0.05) is 34.1 Å². The molecule has 0 bridgehead atoms. The third-order valence-electron chi connectivity index (χ3n) is 19.6. The van der Waals surface area contributed by atoms with Crippen LogP contribution in [0.3, 0.4) is 0 Å². The van der Waals surface area contributed by atoms with Crippen molar-refractivity contribution in [2.24, 2.45) is 0 Å². The number of hydrogen-bond donors (Lipinski definition) is 0. The zero-order chi connectivity index (χ0) is 67.0. The molecule has 0 N–H and O–H groups in total. The van der Waals surface area contributed by atoms with Crippen LogP contribution in [0.1, 0.15) is 177 Å². The maximum atomic E-state index is 2.46. The summed E-state index contributed by atoms with van der Waals surface area (Å²) in [5, 5.41) is 4.96. The lowest BCUT2D eigenvalue weighted by molar-refractivity contribution is 0.590. The molecule has 96 heavy (non-hydrogen) atoms. The monoisotopic (exact) mass is 1260 g/mol. The van der Waals surface area contributed by atoms with Gasteiger partial charge in [0.1, 0.15) is 0 Å². The summed E-state index contributed by atoms with van der Waals surface area (Å²) in [6.07, 6.45) is 28.8. The van der Waals surface area contributed by atoms with E-state index in [2.05, 4.69) is 340 Å². The van der Waals surface area contributed by atoms with Crippen molar-refractivity contribution in [3.63, 3.8) is 0 Å². The van der Waals surface area contributed by atoms with E-state index in [1.54, 1.807) is 0 Å². The molecule has 2 nitrogen and oxygen atoms in total. The van der Waals surface area contributed by atoms with Crippen LogP contribution in [0.4, 0.5) is 28.4 Å². The van der Waals surface area contributed by atoms with Crippen LogP contribution in [0.5, 0.6) is 0 Å². The van der Waals surface area contributed by atoms with E-state index in [9.17, 15) is 0 Å². The summed E-state index contributed by atoms with van der Waals surface area (Å²) >= 11 is 0. The molecule has 0 amide bonds. The summed E-state index contributed by atoms with van der Waals surface area (Å²) in [6, 6.07) is 87.6. The lowest BCUT2D eigenvalue weighted by Crippen LogP contribution is -2.15. The van der Waals surface area contributed by atoms with Gasteiger partial charge in [-0.15, -0.1) is 0 Å². The minimum absolute atomic E-state index is 0.0996. The fourth-order valence-corrected chi connectivity index (χ4v) is 13.9. The van der Waals surface area contributed by atoms with Crippen LogP contribution in [-0.4, -0.2) is 0 Å². The Balaban J connectivity index is 0.947. The fourth-order valence-electron chi connectivity index (χ4n) is 13.9. The van der Waals surface area contributed by atoms with Crippen LogP contribution in [0, 0.1) is 13.8 Å². The molecular weight excluding hydrogens is 1160 g/mol. The molecule has 0 aliphatic rings. The highest BCUT2D eigenvalue weighted by Crippen LogP contribution is 2.44. The number of unbranched alkanes of at least 4 members (excludes halogenated alkanes) is 10. The van der Waals surface area contributed by atoms with E-state index < -0.39 is 0 Å². The molecular formula is C94H102N2. The molecule has 11 aromatic rings. The van der Waals surface area contributed by atoms with Gasteiger partial charge in [-0.25, -0.2) is 0 Å². The molecule has 0 unspecified atom stereocenters. The fraction of sp³-hybridized carbons (Fsp3) is 0.277. The van der Waals surface area contributed by atoms with Gasteiger partial charge in [-0.2, -0.15) is 0 Å². The smallest absolute Gasteiger partial charge is 0.0467 e. The molecule has 0 atom stereocenters. The van der Waals surface area contributed by atoms with Crippen molar-refractivity contribution in [3.05, 3.63) is 299 Å². The first kappa shape index (κ1) is 68.2. The van der Waals surface area contributed by atoms with E-state index in [0.717, 1.165) is 46.9 Å². The van der Waals surface area contributed by atoms with Crippen LogP contribution in [0.2, 0.25) is 0 Å². The number of aryl methyl sites for hydroxylation is 4. The standard InChI is InChI=1S/C94H102N2/c1-11-14-17-19-21-23-28-71-30-25-34-87(63-71)95(85-59-52-78(53-60-85)76-50-56-83(57-51-76)94(8,9)10)84(33-16-13-3)58-40-73-39-43-79-41-37-69(6)92(90(79)65-73)93-70(7)38-42-80-48-49-82(67-91(80)93)81-32-27-36-89(66-81)96(88-35-26-31-72(64-88)29-24-22-20-18-15-12-2)86-61-54-77(55-62-86)75-46-44-74(45-47-75)68(4)5/h13,16,25-27,30-68H,11-12,14-15,17-24,28-29H2,1-10H3/b16-13-,58-40+,84-33+. The van der Waals surface area contributed by atoms with E-state index in [1.807, 2.05) is 0 Å². The highest BCUT2D eigenvalue weighted by atomic mass is 15.1. The highest BCUT2D eigenvalue weighted by molar-refractivity contribution is 6.09. The lowest BCUT2D eigenvalue weighted by atomic mass is 9.86. The number of benzene rings is 11. The molecule has 488 valence electrons. The topological polar surface area (TPSA) is 6.48 Å². The van der Waals surface area contributed by atoms with Gasteiger partial charge in [0.05, 0.1) is 0 Å². The Morgan fingerprint density at radius 3 is 1.44 bits per heavy atom. The van der Waals surface area contributed by atoms with Gasteiger partial charge in [0.15, 0.2) is 0 Å². The van der Waals surface area contributed by atoms with Crippen molar-refractivity contribution in [3.8, 4) is 44.5 Å². The first-order valence-corrected chi connectivity index (χ1v) is 36.1. The van der Waals surface area contributed by atoms with Crippen molar-refractivity contribution in [1.29, 1.82) is 0 Å². The quantitative estimate of drug-likeness (QED) is 0.0356. The summed E-state index contributed by atoms with van der Waals surface area (Å²) in [4.78, 5) is 4.90. The molecule has 11 aromatic carbocycles. The summed E-state index contributed by atoms with van der Waals surface area (Å²) in [5.41, 5.74) is 25.9. The number of rotatable bonds is 28. The summed E-state index contributed by atoms with van der Waals surface area (Å²) in [6.45, 7) is 22.6. The summed E-state index contributed by atoms with van der Waals surface area (Å²) in [5.74, 6) is 0.497. The van der Waals surface area contributed by atoms with Gasteiger partial charge in [-0.05, 0) is 248 Å². The first-order chi connectivity index (χ1) is 46.8. The Morgan fingerprint density at radius 2 is 0.875 bits per heavy atom. The third-order valence-corrected chi connectivity index (χ3v) is 19.6. The van der Waals surface area contributed by atoms with Gasteiger partial charge in [0.25, 0.3) is 0 Å². The van der Waals surface area contributed by atoms with Crippen LogP contribution >= 0.6 is 0 Å². The van der Waals surface area contributed by atoms with Gasteiger partial charge in [0.2, 0.25) is 0 Å². The number of fused-ring (bicyclic) bond motifs is 2. The molecule has 0 aliphatic carbocycles. The Kier molecular flexibility index (Phi) is 23.0. The number of anilines is 5.